The standard InChI is InChI=1S/C26H29F2N3O4S/c1-4-36(33,34)30-24-14-22(19-11-16(2)31(32)17(3)12-19)26(15-21(24)18-7-9-29-10-8-18)35-25-6-5-20(27)13-23(25)28/h5-6,11-15,18,29-30H,4,7-10H2,1-3H3. The van der Waals surface area contributed by atoms with Crippen LogP contribution in [0.5, 0.6) is 11.5 Å². The van der Waals surface area contributed by atoms with Crippen molar-refractivity contribution in [3.8, 4) is 22.6 Å². The second kappa shape index (κ2) is 10.4. The summed E-state index contributed by atoms with van der Waals surface area (Å²) in [5.41, 5.74) is 3.09. The molecule has 0 radical (unpaired) electrons. The summed E-state index contributed by atoms with van der Waals surface area (Å²) in [5.74, 6) is -1.55. The molecular weight excluding hydrogens is 488 g/mol. The lowest BCUT2D eigenvalue weighted by atomic mass is 9.87. The molecule has 0 spiro atoms. The summed E-state index contributed by atoms with van der Waals surface area (Å²) in [7, 11) is -3.60. The molecule has 1 fully saturated rings. The molecule has 0 amide bonds. The van der Waals surface area contributed by atoms with Gasteiger partial charge in [-0.1, -0.05) is 0 Å². The maximum Gasteiger partial charge on any atom is 0.232 e. The minimum atomic E-state index is -3.60. The van der Waals surface area contributed by atoms with Gasteiger partial charge in [-0.2, -0.15) is 4.73 Å². The Kier molecular flexibility index (Phi) is 7.46. The van der Waals surface area contributed by atoms with Crippen molar-refractivity contribution in [3.05, 3.63) is 76.3 Å². The highest BCUT2D eigenvalue weighted by Gasteiger charge is 2.25. The van der Waals surface area contributed by atoms with Crippen LogP contribution >= 0.6 is 0 Å². The molecule has 4 rings (SSSR count). The largest absolute Gasteiger partial charge is 0.618 e. The second-order valence-electron chi connectivity index (χ2n) is 8.96. The number of ether oxygens (including phenoxy) is 1. The molecule has 7 nitrogen and oxygen atoms in total. The Morgan fingerprint density at radius 3 is 2.33 bits per heavy atom. The van der Waals surface area contributed by atoms with Crippen molar-refractivity contribution in [3.63, 3.8) is 0 Å². The highest BCUT2D eigenvalue weighted by atomic mass is 32.2. The number of piperidine rings is 1. The molecule has 0 unspecified atom stereocenters. The monoisotopic (exact) mass is 517 g/mol. The number of hydrogen-bond acceptors (Lipinski definition) is 5. The molecule has 36 heavy (non-hydrogen) atoms. The van der Waals surface area contributed by atoms with E-state index < -0.39 is 21.7 Å². The quantitative estimate of drug-likeness (QED) is 0.343. The third kappa shape index (κ3) is 5.60. The molecule has 0 saturated carbocycles. The lowest BCUT2D eigenvalue weighted by molar-refractivity contribution is -0.619. The predicted molar refractivity (Wildman–Crippen MR) is 135 cm³/mol. The van der Waals surface area contributed by atoms with E-state index in [9.17, 15) is 22.4 Å². The fourth-order valence-corrected chi connectivity index (χ4v) is 5.08. The number of hydrogen-bond donors (Lipinski definition) is 2. The summed E-state index contributed by atoms with van der Waals surface area (Å²) in [6.45, 7) is 6.42. The predicted octanol–water partition coefficient (Wildman–Crippen LogP) is 4.90. The molecule has 0 atom stereocenters. The van der Waals surface area contributed by atoms with E-state index in [1.54, 1.807) is 45.0 Å². The number of aromatic nitrogens is 1. The van der Waals surface area contributed by atoms with E-state index in [1.165, 1.54) is 6.07 Å². The van der Waals surface area contributed by atoms with E-state index in [2.05, 4.69) is 10.0 Å². The van der Waals surface area contributed by atoms with Gasteiger partial charge in [-0.15, -0.1) is 0 Å². The first-order chi connectivity index (χ1) is 17.1. The SMILES string of the molecule is CCS(=O)(=O)Nc1cc(-c2cc(C)[n+]([O-])c(C)c2)c(Oc2ccc(F)cc2F)cc1C1CCNCC1. The number of sulfonamides is 1. The maximum absolute atomic E-state index is 14.5. The Bertz CT molecular complexity index is 1370. The first-order valence-corrected chi connectivity index (χ1v) is 13.5. The van der Waals surface area contributed by atoms with Gasteiger partial charge >= 0.3 is 0 Å². The van der Waals surface area contributed by atoms with Gasteiger partial charge in [0.2, 0.25) is 10.0 Å². The summed E-state index contributed by atoms with van der Waals surface area (Å²) in [6, 6.07) is 9.77. The minimum Gasteiger partial charge on any atom is -0.618 e. The zero-order valence-corrected chi connectivity index (χ0v) is 21.2. The van der Waals surface area contributed by atoms with Crippen LogP contribution in [0, 0.1) is 30.7 Å². The van der Waals surface area contributed by atoms with Crippen LogP contribution < -0.4 is 19.5 Å². The van der Waals surface area contributed by atoms with Crippen molar-refractivity contribution in [2.75, 3.05) is 23.6 Å². The van der Waals surface area contributed by atoms with Crippen molar-refractivity contribution in [2.24, 2.45) is 0 Å². The fourth-order valence-electron chi connectivity index (χ4n) is 4.42. The molecule has 3 aromatic rings. The van der Waals surface area contributed by atoms with Crippen molar-refractivity contribution in [1.82, 2.24) is 5.32 Å². The zero-order valence-electron chi connectivity index (χ0n) is 20.4. The van der Waals surface area contributed by atoms with E-state index in [4.69, 9.17) is 4.74 Å². The molecule has 1 aromatic heterocycles. The van der Waals surface area contributed by atoms with Crippen LogP contribution in [0.25, 0.3) is 11.1 Å². The topological polar surface area (TPSA) is 94.4 Å². The van der Waals surface area contributed by atoms with E-state index in [-0.39, 0.29) is 23.2 Å². The molecule has 0 bridgehead atoms. The molecule has 2 heterocycles. The average Bonchev–Trinajstić information content (AvgIpc) is 2.85. The summed E-state index contributed by atoms with van der Waals surface area (Å²) >= 11 is 0. The van der Waals surface area contributed by atoms with Gasteiger partial charge in [0.25, 0.3) is 0 Å². The second-order valence-corrected chi connectivity index (χ2v) is 11.0. The van der Waals surface area contributed by atoms with E-state index >= 15 is 0 Å². The van der Waals surface area contributed by atoms with Gasteiger partial charge in [0.15, 0.2) is 23.0 Å². The molecule has 0 aliphatic carbocycles. The number of nitrogens with zero attached hydrogens (tertiary/aromatic N) is 1. The Hall–Kier alpha value is -3.24. The van der Waals surface area contributed by atoms with Crippen LogP contribution in [0.3, 0.4) is 0 Å². The van der Waals surface area contributed by atoms with Gasteiger partial charge in [-0.25, -0.2) is 17.2 Å². The van der Waals surface area contributed by atoms with E-state index in [1.807, 2.05) is 0 Å². The average molecular weight is 518 g/mol. The fraction of sp³-hybridized carbons (Fsp3) is 0.346. The molecule has 1 aliphatic rings. The van der Waals surface area contributed by atoms with Gasteiger partial charge in [-0.05, 0) is 74.2 Å². The lowest BCUT2D eigenvalue weighted by Crippen LogP contribution is -2.33. The number of pyridine rings is 1. The van der Waals surface area contributed by atoms with Crippen molar-refractivity contribution >= 4 is 15.7 Å². The summed E-state index contributed by atoms with van der Waals surface area (Å²) < 4.78 is 62.7. The van der Waals surface area contributed by atoms with E-state index in [0.29, 0.717) is 28.2 Å². The van der Waals surface area contributed by atoms with Gasteiger partial charge in [-0.3, -0.25) is 4.72 Å². The number of anilines is 1. The molecule has 1 aliphatic heterocycles. The molecule has 192 valence electrons. The van der Waals surface area contributed by atoms with Crippen molar-refractivity contribution in [2.45, 2.75) is 39.5 Å². The molecule has 10 heteroatoms. The van der Waals surface area contributed by atoms with Crippen molar-refractivity contribution < 1.29 is 26.7 Å². The Balaban J connectivity index is 1.95. The van der Waals surface area contributed by atoms with Crippen LogP contribution in [0.1, 0.15) is 42.6 Å². The highest BCUT2D eigenvalue weighted by molar-refractivity contribution is 7.92. The maximum atomic E-state index is 14.5. The molecule has 2 N–H and O–H groups in total. The van der Waals surface area contributed by atoms with Crippen LogP contribution in [-0.2, 0) is 10.0 Å². The van der Waals surface area contributed by atoms with Crippen LogP contribution in [0.15, 0.2) is 42.5 Å². The number of rotatable bonds is 7. The molecule has 1 saturated heterocycles. The van der Waals surface area contributed by atoms with E-state index in [0.717, 1.165) is 48.4 Å². The van der Waals surface area contributed by atoms with Gasteiger partial charge < -0.3 is 15.3 Å². The first kappa shape index (κ1) is 25.8. The number of nitrogens with one attached hydrogen (secondary N) is 2. The number of benzene rings is 2. The highest BCUT2D eigenvalue weighted by Crippen LogP contribution is 2.43. The minimum absolute atomic E-state index is 0.0401. The number of aryl methyl sites for hydroxylation is 2. The summed E-state index contributed by atoms with van der Waals surface area (Å²) in [5, 5.41) is 15.6. The molecule has 2 aromatic carbocycles. The third-order valence-electron chi connectivity index (χ3n) is 6.37. The normalized spacial score (nSPS) is 14.6. The van der Waals surface area contributed by atoms with Crippen LogP contribution in [0.2, 0.25) is 0 Å². The van der Waals surface area contributed by atoms with Crippen molar-refractivity contribution in [1.29, 1.82) is 0 Å². The van der Waals surface area contributed by atoms with Crippen LogP contribution in [0.4, 0.5) is 14.5 Å². The third-order valence-corrected chi connectivity index (χ3v) is 7.66. The Labute approximate surface area is 209 Å². The number of halogens is 2. The summed E-state index contributed by atoms with van der Waals surface area (Å²) in [6.07, 6.45) is 1.56. The van der Waals surface area contributed by atoms with Gasteiger partial charge in [0.05, 0.1) is 11.4 Å². The summed E-state index contributed by atoms with van der Waals surface area (Å²) in [4.78, 5) is 0. The Morgan fingerprint density at radius 2 is 1.72 bits per heavy atom. The zero-order chi connectivity index (χ0) is 26.0. The Morgan fingerprint density at radius 1 is 1.06 bits per heavy atom. The van der Waals surface area contributed by atoms with Gasteiger partial charge in [0.1, 0.15) is 11.6 Å². The van der Waals surface area contributed by atoms with Gasteiger partial charge in [0, 0.05) is 37.6 Å². The smallest absolute Gasteiger partial charge is 0.232 e. The molecular formula is C26H29F2N3O4S. The van der Waals surface area contributed by atoms with Crippen LogP contribution in [-0.4, -0.2) is 27.3 Å². The first-order valence-electron chi connectivity index (χ1n) is 11.8. The lowest BCUT2D eigenvalue weighted by Gasteiger charge is -2.27.